The first-order valence-corrected chi connectivity index (χ1v) is 5.67. The fourth-order valence-electron chi connectivity index (χ4n) is 2.23. The van der Waals surface area contributed by atoms with Gasteiger partial charge < -0.3 is 11.1 Å². The molecule has 3 N–H and O–H groups in total. The lowest BCUT2D eigenvalue weighted by atomic mass is 9.68. The zero-order valence-corrected chi connectivity index (χ0v) is 11.4. The van der Waals surface area contributed by atoms with Crippen LogP contribution in [0.25, 0.3) is 0 Å². The highest BCUT2D eigenvalue weighted by Crippen LogP contribution is 2.27. The molecule has 0 rings (SSSR count). The van der Waals surface area contributed by atoms with Gasteiger partial charge in [-0.25, -0.2) is 0 Å². The Morgan fingerprint density at radius 3 is 1.50 bits per heavy atom. The molecule has 1 unspecified atom stereocenters. The maximum absolute atomic E-state index is 11.9. The van der Waals surface area contributed by atoms with Crippen molar-refractivity contribution in [2.75, 3.05) is 0 Å². The Labute approximate surface area is 106 Å². The van der Waals surface area contributed by atoms with E-state index in [0.717, 1.165) is 13.8 Å². The molecule has 0 saturated heterocycles. The smallest absolute Gasteiger partial charge is 0.217 e. The summed E-state index contributed by atoms with van der Waals surface area (Å²) in [6.07, 6.45) is 0.0531. The molecule has 1 amide bonds. The number of carbonyl (C=O) groups is 4. The number of hydrogen-bond donors (Lipinski definition) is 2. The van der Waals surface area contributed by atoms with E-state index in [4.69, 9.17) is 5.73 Å². The van der Waals surface area contributed by atoms with Gasteiger partial charge in [0.1, 0.15) is 5.54 Å². The zero-order valence-electron chi connectivity index (χ0n) is 11.4. The molecular formula is C12H20N2O4. The summed E-state index contributed by atoms with van der Waals surface area (Å²) in [5.74, 6) is -2.35. The van der Waals surface area contributed by atoms with E-state index < -0.39 is 34.3 Å². The van der Waals surface area contributed by atoms with Gasteiger partial charge >= 0.3 is 0 Å². The molecule has 1 atom stereocenters. The highest BCUT2D eigenvalue weighted by molar-refractivity contribution is 6.17. The van der Waals surface area contributed by atoms with Gasteiger partial charge in [0.15, 0.2) is 22.9 Å². The Morgan fingerprint density at radius 2 is 1.33 bits per heavy atom. The molecule has 6 heteroatoms. The van der Waals surface area contributed by atoms with Gasteiger partial charge in [-0.05, 0) is 27.2 Å². The number of nitrogens with two attached hydrogens (primary N) is 1. The van der Waals surface area contributed by atoms with Crippen LogP contribution in [0.15, 0.2) is 0 Å². The first kappa shape index (κ1) is 16.4. The van der Waals surface area contributed by atoms with Crippen LogP contribution in [-0.2, 0) is 19.2 Å². The lowest BCUT2D eigenvalue weighted by molar-refractivity contribution is -0.145. The fourth-order valence-corrected chi connectivity index (χ4v) is 2.23. The Morgan fingerprint density at radius 1 is 0.944 bits per heavy atom. The zero-order chi connectivity index (χ0) is 14.7. The topological polar surface area (TPSA) is 106 Å². The van der Waals surface area contributed by atoms with E-state index in [1.807, 2.05) is 0 Å². The van der Waals surface area contributed by atoms with Crippen LogP contribution in [0, 0.1) is 0 Å². The van der Waals surface area contributed by atoms with Crippen LogP contribution in [0.1, 0.15) is 41.0 Å². The number of Topliss-reactive ketones (excluding diaryl/α,β-unsaturated/α-hetero) is 3. The SMILES string of the molecule is CCC(NC(C)=O)(C(C)=O)C(N)(C(C)=O)C(C)=O. The molecule has 0 aromatic rings. The molecule has 18 heavy (non-hydrogen) atoms. The van der Waals surface area contributed by atoms with Gasteiger partial charge in [-0.2, -0.15) is 0 Å². The molecule has 6 nitrogen and oxygen atoms in total. The third kappa shape index (κ3) is 2.33. The quantitative estimate of drug-likeness (QED) is 0.636. The fraction of sp³-hybridized carbons (Fsp3) is 0.667. The summed E-state index contributed by atoms with van der Waals surface area (Å²) in [5.41, 5.74) is 2.15. The maximum atomic E-state index is 11.9. The molecule has 0 spiro atoms. The molecule has 0 heterocycles. The van der Waals surface area contributed by atoms with E-state index in [1.165, 1.54) is 13.8 Å². The van der Waals surface area contributed by atoms with Crippen LogP contribution in [-0.4, -0.2) is 34.3 Å². The van der Waals surface area contributed by atoms with Gasteiger partial charge in [-0.15, -0.1) is 0 Å². The standard InChI is InChI=1S/C12H20N2O4/c1-6-11(7(2)15,14-10(5)18)12(13,8(3)16)9(4)17/h6,13H2,1-5H3,(H,14,18). The number of rotatable bonds is 6. The Bertz CT molecular complexity index is 389. The Balaban J connectivity index is 6.12. The van der Waals surface area contributed by atoms with Crippen molar-refractivity contribution in [2.24, 2.45) is 5.73 Å². The van der Waals surface area contributed by atoms with Gasteiger partial charge in [0, 0.05) is 6.92 Å². The predicted molar refractivity (Wildman–Crippen MR) is 65.8 cm³/mol. The molecule has 0 aliphatic carbocycles. The van der Waals surface area contributed by atoms with Gasteiger partial charge in [0.2, 0.25) is 5.91 Å². The first-order valence-electron chi connectivity index (χ1n) is 5.67. The van der Waals surface area contributed by atoms with Crippen molar-refractivity contribution in [3.8, 4) is 0 Å². The minimum atomic E-state index is -2.04. The van der Waals surface area contributed by atoms with E-state index in [1.54, 1.807) is 6.92 Å². The third-order valence-electron chi connectivity index (χ3n) is 3.30. The predicted octanol–water partition coefficient (Wildman–Crippen LogP) is -0.264. The second-order valence-electron chi connectivity index (χ2n) is 4.42. The summed E-state index contributed by atoms with van der Waals surface area (Å²) in [4.78, 5) is 46.7. The molecular weight excluding hydrogens is 236 g/mol. The molecule has 0 aliphatic heterocycles. The Hall–Kier alpha value is -1.56. The number of amides is 1. The van der Waals surface area contributed by atoms with Crippen LogP contribution in [0.2, 0.25) is 0 Å². The molecule has 0 saturated carbocycles. The van der Waals surface area contributed by atoms with E-state index in [-0.39, 0.29) is 6.42 Å². The Kier molecular flexibility index (Phi) is 4.92. The van der Waals surface area contributed by atoms with E-state index in [2.05, 4.69) is 5.32 Å². The molecule has 102 valence electrons. The third-order valence-corrected chi connectivity index (χ3v) is 3.30. The lowest BCUT2D eigenvalue weighted by Crippen LogP contribution is -2.77. The van der Waals surface area contributed by atoms with Gasteiger partial charge in [0.25, 0.3) is 0 Å². The summed E-state index contributed by atoms with van der Waals surface area (Å²) in [5, 5.41) is 2.39. The molecule has 0 fully saturated rings. The summed E-state index contributed by atoms with van der Waals surface area (Å²) in [6, 6.07) is 0. The molecule has 0 bridgehead atoms. The summed E-state index contributed by atoms with van der Waals surface area (Å²) >= 11 is 0. The molecule has 0 aromatic heterocycles. The number of nitrogens with one attached hydrogen (secondary N) is 1. The summed E-state index contributed by atoms with van der Waals surface area (Å²) < 4.78 is 0. The van der Waals surface area contributed by atoms with E-state index in [0.29, 0.717) is 0 Å². The van der Waals surface area contributed by atoms with Crippen LogP contribution in [0.4, 0.5) is 0 Å². The van der Waals surface area contributed by atoms with Crippen molar-refractivity contribution in [3.05, 3.63) is 0 Å². The maximum Gasteiger partial charge on any atom is 0.217 e. The van der Waals surface area contributed by atoms with Gasteiger partial charge in [0.05, 0.1) is 0 Å². The largest absolute Gasteiger partial charge is 0.341 e. The van der Waals surface area contributed by atoms with Crippen molar-refractivity contribution in [1.82, 2.24) is 5.32 Å². The average Bonchev–Trinajstić information content (AvgIpc) is 2.23. The van der Waals surface area contributed by atoms with E-state index in [9.17, 15) is 19.2 Å². The first-order chi connectivity index (χ1) is 8.06. The second-order valence-corrected chi connectivity index (χ2v) is 4.42. The van der Waals surface area contributed by atoms with Crippen molar-refractivity contribution in [2.45, 2.75) is 52.1 Å². The molecule has 0 radical (unpaired) electrons. The molecule has 0 aromatic carbocycles. The number of carbonyl (C=O) groups excluding carboxylic acids is 4. The van der Waals surface area contributed by atoms with Crippen LogP contribution in [0.5, 0.6) is 0 Å². The number of hydrogen-bond acceptors (Lipinski definition) is 5. The van der Waals surface area contributed by atoms with Crippen molar-refractivity contribution in [3.63, 3.8) is 0 Å². The van der Waals surface area contributed by atoms with E-state index >= 15 is 0 Å². The van der Waals surface area contributed by atoms with Crippen LogP contribution >= 0.6 is 0 Å². The van der Waals surface area contributed by atoms with Crippen LogP contribution in [0.3, 0.4) is 0 Å². The average molecular weight is 256 g/mol. The van der Waals surface area contributed by atoms with Crippen molar-refractivity contribution < 1.29 is 19.2 Å². The normalized spacial score (nSPS) is 14.6. The minimum absolute atomic E-state index is 0.0531. The minimum Gasteiger partial charge on any atom is -0.341 e. The number of ketones is 3. The lowest BCUT2D eigenvalue weighted by Gasteiger charge is -2.43. The van der Waals surface area contributed by atoms with Crippen LogP contribution < -0.4 is 11.1 Å². The van der Waals surface area contributed by atoms with Gasteiger partial charge in [-0.1, -0.05) is 6.92 Å². The monoisotopic (exact) mass is 256 g/mol. The molecule has 0 aliphatic rings. The highest BCUT2D eigenvalue weighted by Gasteiger charge is 2.58. The van der Waals surface area contributed by atoms with Crippen molar-refractivity contribution in [1.29, 1.82) is 0 Å². The van der Waals surface area contributed by atoms with Crippen molar-refractivity contribution >= 4 is 23.3 Å². The second kappa shape index (κ2) is 5.39. The van der Waals surface area contributed by atoms with Gasteiger partial charge in [-0.3, -0.25) is 19.2 Å². The highest BCUT2D eigenvalue weighted by atomic mass is 16.2. The summed E-state index contributed by atoms with van der Waals surface area (Å²) in [7, 11) is 0. The summed E-state index contributed by atoms with van der Waals surface area (Å²) in [6.45, 7) is 6.26.